The molecule has 0 saturated carbocycles. The van der Waals surface area contributed by atoms with Crippen LogP contribution in [0.25, 0.3) is 0 Å². The van der Waals surface area contributed by atoms with Gasteiger partial charge in [-0.25, -0.2) is 0 Å². The number of hydrogen-bond donors (Lipinski definition) is 0. The van der Waals surface area contributed by atoms with Crippen molar-refractivity contribution in [1.29, 1.82) is 0 Å². The lowest BCUT2D eigenvalue weighted by Gasteiger charge is -2.22. The summed E-state index contributed by atoms with van der Waals surface area (Å²) >= 11 is 0. The van der Waals surface area contributed by atoms with E-state index in [2.05, 4.69) is 51.6 Å². The maximum absolute atomic E-state index is 13.5. The Balaban J connectivity index is 2.44. The molecule has 0 amide bonds. The molecule has 0 aromatic heterocycles. The van der Waals surface area contributed by atoms with E-state index in [9.17, 15) is 14.4 Å². The van der Waals surface area contributed by atoms with Crippen LogP contribution < -0.4 is 0 Å². The van der Waals surface area contributed by atoms with Crippen molar-refractivity contribution in [3.05, 3.63) is 0 Å². The minimum atomic E-state index is -0.254. The van der Waals surface area contributed by atoms with E-state index in [1.807, 2.05) is 0 Å². The van der Waals surface area contributed by atoms with Crippen LogP contribution in [-0.4, -0.2) is 99.0 Å². The maximum atomic E-state index is 13.5. The molecule has 0 spiro atoms. The Morgan fingerprint density at radius 2 is 0.841 bits per heavy atom. The molecule has 0 bridgehead atoms. The third-order valence-electron chi connectivity index (χ3n) is 14.5. The number of ether oxygens (including phenoxy) is 4. The van der Waals surface area contributed by atoms with Crippen molar-refractivity contribution in [3.63, 3.8) is 0 Å². The van der Waals surface area contributed by atoms with Crippen LogP contribution in [0.1, 0.15) is 297 Å². The van der Waals surface area contributed by atoms with Crippen molar-refractivity contribution < 1.29 is 33.3 Å². The first-order valence-electron chi connectivity index (χ1n) is 30.3. The van der Waals surface area contributed by atoms with E-state index in [1.54, 1.807) is 0 Å². The highest BCUT2D eigenvalue weighted by molar-refractivity contribution is 5.76. The third kappa shape index (κ3) is 40.5. The zero-order valence-electron chi connectivity index (χ0n) is 46.8. The number of esters is 3. The molecule has 0 radical (unpaired) electrons. The average molecular weight is 978 g/mol. The van der Waals surface area contributed by atoms with Gasteiger partial charge in [0.1, 0.15) is 18.2 Å². The first-order valence-corrected chi connectivity index (χ1v) is 30.3. The van der Waals surface area contributed by atoms with Crippen molar-refractivity contribution >= 4 is 17.9 Å². The average Bonchev–Trinajstić information content (AvgIpc) is 3.75. The van der Waals surface area contributed by atoms with Crippen LogP contribution in [0.3, 0.4) is 0 Å². The van der Waals surface area contributed by atoms with Gasteiger partial charge >= 0.3 is 17.9 Å². The van der Waals surface area contributed by atoms with E-state index in [1.165, 1.54) is 128 Å². The van der Waals surface area contributed by atoms with Crippen LogP contribution >= 0.6 is 0 Å². The standard InChI is InChI=1S/C60H116N2O7/c1-7-11-15-19-25-33-42-54(43-34-26-20-16-12-8-2)68-58(63)46-37-29-23-31-39-49-62-53-56(66-51-41-48-61(5)6)52-57(62)60(65)67-50-40-32-24-30-38-47-59(64)69-55(44-35-27-21-17-13-9-3)45-36-28-22-18-14-10-4/h54-57H,7-53H2,1-6H3. The van der Waals surface area contributed by atoms with Crippen molar-refractivity contribution in [1.82, 2.24) is 9.80 Å². The molecule has 1 heterocycles. The summed E-state index contributed by atoms with van der Waals surface area (Å²) in [5.41, 5.74) is 0. The molecule has 0 aliphatic carbocycles. The fraction of sp³-hybridized carbons (Fsp3) is 0.950. The van der Waals surface area contributed by atoms with Crippen molar-refractivity contribution in [2.75, 3.05) is 46.9 Å². The molecule has 9 heteroatoms. The lowest BCUT2D eigenvalue weighted by Crippen LogP contribution is -2.38. The number of unbranched alkanes of at least 4 members (excludes halogenated alkanes) is 28. The fourth-order valence-electron chi connectivity index (χ4n) is 10.0. The lowest BCUT2D eigenvalue weighted by atomic mass is 10.0. The van der Waals surface area contributed by atoms with Gasteiger partial charge < -0.3 is 23.8 Å². The molecule has 0 aromatic rings. The number of carbonyl (C=O) groups is 3. The third-order valence-corrected chi connectivity index (χ3v) is 14.5. The SMILES string of the molecule is CCCCCCCCC(CCCCCCCC)OC(=O)CCCCCCCOC(=O)C1CC(OCCCN(C)C)CN1CCCCCCCC(=O)OC(CCCCCCCC)CCCCCCCC. The van der Waals surface area contributed by atoms with Gasteiger partial charge in [-0.05, 0) is 111 Å². The highest BCUT2D eigenvalue weighted by Gasteiger charge is 2.38. The second-order valence-electron chi connectivity index (χ2n) is 21.5. The minimum absolute atomic E-state index is 0.00921. The van der Waals surface area contributed by atoms with Gasteiger partial charge in [-0.15, -0.1) is 0 Å². The fourth-order valence-corrected chi connectivity index (χ4v) is 10.0. The van der Waals surface area contributed by atoms with Crippen LogP contribution in [0.4, 0.5) is 0 Å². The van der Waals surface area contributed by atoms with Crippen LogP contribution in [0.2, 0.25) is 0 Å². The second-order valence-corrected chi connectivity index (χ2v) is 21.5. The Labute approximate surface area is 428 Å². The molecule has 1 fully saturated rings. The predicted octanol–water partition coefficient (Wildman–Crippen LogP) is 16.4. The summed E-state index contributed by atoms with van der Waals surface area (Å²) in [4.78, 5) is 43.7. The van der Waals surface area contributed by atoms with E-state index >= 15 is 0 Å². The van der Waals surface area contributed by atoms with Crippen molar-refractivity contribution in [2.45, 2.75) is 322 Å². The summed E-state index contributed by atoms with van der Waals surface area (Å²) in [7, 11) is 4.17. The number of hydrogen-bond acceptors (Lipinski definition) is 9. The Kier molecular flexibility index (Phi) is 46.0. The normalized spacial score (nSPS) is 15.3. The van der Waals surface area contributed by atoms with Crippen molar-refractivity contribution in [2.24, 2.45) is 0 Å². The Hall–Kier alpha value is -1.71. The van der Waals surface area contributed by atoms with Gasteiger partial charge in [0.2, 0.25) is 0 Å². The van der Waals surface area contributed by atoms with E-state index in [0.29, 0.717) is 32.5 Å². The Morgan fingerprint density at radius 3 is 1.26 bits per heavy atom. The van der Waals surface area contributed by atoms with E-state index in [0.717, 1.165) is 142 Å². The van der Waals surface area contributed by atoms with Crippen LogP contribution in [0, 0.1) is 0 Å². The summed E-state index contributed by atoms with van der Waals surface area (Å²) in [6.07, 6.45) is 47.2. The topological polar surface area (TPSA) is 94.6 Å². The van der Waals surface area contributed by atoms with Gasteiger partial charge in [-0.2, -0.15) is 0 Å². The minimum Gasteiger partial charge on any atom is -0.465 e. The second kappa shape index (κ2) is 48.6. The zero-order chi connectivity index (χ0) is 50.3. The summed E-state index contributed by atoms with van der Waals surface area (Å²) in [6.45, 7) is 12.8. The molecule has 2 unspecified atom stereocenters. The molecule has 408 valence electrons. The predicted molar refractivity (Wildman–Crippen MR) is 291 cm³/mol. The largest absolute Gasteiger partial charge is 0.465 e. The maximum Gasteiger partial charge on any atom is 0.323 e. The number of carbonyl (C=O) groups excluding carboxylic acids is 3. The molecular weight excluding hydrogens is 861 g/mol. The van der Waals surface area contributed by atoms with Crippen molar-refractivity contribution in [3.8, 4) is 0 Å². The zero-order valence-corrected chi connectivity index (χ0v) is 46.8. The molecule has 1 aliphatic rings. The first-order chi connectivity index (χ1) is 33.7. The van der Waals surface area contributed by atoms with Gasteiger partial charge in [0.15, 0.2) is 0 Å². The monoisotopic (exact) mass is 977 g/mol. The molecule has 1 rings (SSSR count). The summed E-state index contributed by atoms with van der Waals surface area (Å²) in [6, 6.07) is -0.254. The summed E-state index contributed by atoms with van der Waals surface area (Å²) in [5.74, 6) is -0.145. The molecule has 1 saturated heterocycles. The van der Waals surface area contributed by atoms with Crippen LogP contribution in [0.5, 0.6) is 0 Å². The number of likely N-dealkylation sites (tertiary alicyclic amines) is 1. The van der Waals surface area contributed by atoms with Gasteiger partial charge in [-0.1, -0.05) is 195 Å². The molecule has 1 aliphatic heterocycles. The van der Waals surface area contributed by atoms with Crippen LogP contribution in [0.15, 0.2) is 0 Å². The quantitative estimate of drug-likeness (QED) is 0.0335. The first kappa shape index (κ1) is 65.3. The smallest absolute Gasteiger partial charge is 0.323 e. The summed E-state index contributed by atoms with van der Waals surface area (Å²) < 4.78 is 24.3. The molecule has 0 N–H and O–H groups in total. The van der Waals surface area contributed by atoms with Gasteiger partial charge in [0.05, 0.1) is 12.7 Å². The molecule has 9 nitrogen and oxygen atoms in total. The molecule has 2 atom stereocenters. The Bertz CT molecular complexity index is 1120. The molecular formula is C60H116N2O7. The van der Waals surface area contributed by atoms with E-state index in [4.69, 9.17) is 18.9 Å². The van der Waals surface area contributed by atoms with Gasteiger partial charge in [-0.3, -0.25) is 19.3 Å². The van der Waals surface area contributed by atoms with Gasteiger partial charge in [0, 0.05) is 32.4 Å². The highest BCUT2D eigenvalue weighted by Crippen LogP contribution is 2.24. The summed E-state index contributed by atoms with van der Waals surface area (Å²) in [5, 5.41) is 0. The molecule has 0 aromatic carbocycles. The highest BCUT2D eigenvalue weighted by atomic mass is 16.5. The molecule has 69 heavy (non-hydrogen) atoms. The number of nitrogens with zero attached hydrogens (tertiary/aromatic N) is 2. The van der Waals surface area contributed by atoms with E-state index < -0.39 is 0 Å². The van der Waals surface area contributed by atoms with Gasteiger partial charge in [0.25, 0.3) is 0 Å². The lowest BCUT2D eigenvalue weighted by molar-refractivity contribution is -0.151. The van der Waals surface area contributed by atoms with E-state index in [-0.39, 0.29) is 42.3 Å². The Morgan fingerprint density at radius 1 is 0.464 bits per heavy atom. The number of rotatable bonds is 52. The van der Waals surface area contributed by atoms with Crippen LogP contribution in [-0.2, 0) is 33.3 Å².